The maximum Gasteiger partial charge on any atom is 0.243 e. The summed E-state index contributed by atoms with van der Waals surface area (Å²) in [6, 6.07) is 3.40. The monoisotopic (exact) mass is 275 g/mol. The number of primary sulfonamides is 1. The predicted octanol–water partition coefficient (Wildman–Crippen LogP) is 0.0831. The Labute approximate surface area is 103 Å². The van der Waals surface area contributed by atoms with E-state index in [1.807, 2.05) is 0 Å². The summed E-state index contributed by atoms with van der Waals surface area (Å²) in [4.78, 5) is 4.12. The predicted molar refractivity (Wildman–Crippen MR) is 64.5 cm³/mol. The number of nitrogens with two attached hydrogens (primary N) is 1. The van der Waals surface area contributed by atoms with Crippen LogP contribution in [0.25, 0.3) is 5.65 Å². The molecule has 0 fully saturated rings. The van der Waals surface area contributed by atoms with Gasteiger partial charge in [0.1, 0.15) is 0 Å². The summed E-state index contributed by atoms with van der Waals surface area (Å²) in [6.45, 7) is 0.156. The van der Waals surface area contributed by atoms with E-state index in [-0.39, 0.29) is 12.3 Å². The number of rotatable bonds is 4. The molecule has 2 aromatic heterocycles. The summed E-state index contributed by atoms with van der Waals surface area (Å²) in [5, 5.41) is 12.2. The average molecular weight is 276 g/mol. The van der Waals surface area contributed by atoms with Crippen LogP contribution in [0.5, 0.6) is 0 Å². The molecule has 17 heavy (non-hydrogen) atoms. The maximum absolute atomic E-state index is 10.7. The quantitative estimate of drug-likeness (QED) is 0.823. The summed E-state index contributed by atoms with van der Waals surface area (Å²) in [5.74, 6) is 0.152. The molecule has 0 unspecified atom stereocenters. The molecule has 0 radical (unpaired) electrons. The van der Waals surface area contributed by atoms with Crippen molar-refractivity contribution in [3.05, 3.63) is 23.4 Å². The van der Waals surface area contributed by atoms with Gasteiger partial charge in [0.15, 0.2) is 5.65 Å². The normalized spacial score (nSPS) is 11.9. The Morgan fingerprint density at radius 3 is 2.94 bits per heavy atom. The molecule has 0 saturated heterocycles. The molecule has 0 aliphatic heterocycles. The molecule has 2 aromatic rings. The highest BCUT2D eigenvalue weighted by Crippen LogP contribution is 2.11. The van der Waals surface area contributed by atoms with Crippen LogP contribution in [0.15, 0.2) is 18.3 Å². The minimum Gasteiger partial charge on any atom is -0.352 e. The van der Waals surface area contributed by atoms with Crippen LogP contribution in [0, 0.1) is 0 Å². The van der Waals surface area contributed by atoms with Gasteiger partial charge < -0.3 is 5.32 Å². The lowest BCUT2D eigenvalue weighted by Crippen LogP contribution is -2.22. The maximum atomic E-state index is 10.7. The standard InChI is InChI=1S/C8H10ClN5O2S/c9-6-1-2-7-12-8(13-14(7)5-6)11-3-4-17(10,15)16/h1-2,5H,3-4H2,(H,11,13)(H2,10,15,16). The van der Waals surface area contributed by atoms with E-state index >= 15 is 0 Å². The number of anilines is 1. The number of nitrogens with one attached hydrogen (secondary N) is 1. The third kappa shape index (κ3) is 3.29. The fourth-order valence-electron chi connectivity index (χ4n) is 1.24. The third-order valence-electron chi connectivity index (χ3n) is 1.96. The number of fused-ring (bicyclic) bond motifs is 1. The first kappa shape index (κ1) is 12.1. The second-order valence-electron chi connectivity index (χ2n) is 3.38. The lowest BCUT2D eigenvalue weighted by atomic mass is 10.5. The van der Waals surface area contributed by atoms with Crippen LogP contribution in [-0.4, -0.2) is 35.3 Å². The van der Waals surface area contributed by atoms with E-state index < -0.39 is 10.0 Å². The van der Waals surface area contributed by atoms with Gasteiger partial charge >= 0.3 is 0 Å². The molecule has 2 rings (SSSR count). The number of halogens is 1. The fourth-order valence-corrected chi connectivity index (χ4v) is 1.78. The van der Waals surface area contributed by atoms with Gasteiger partial charge in [0.05, 0.1) is 10.8 Å². The van der Waals surface area contributed by atoms with Crippen LogP contribution < -0.4 is 10.5 Å². The average Bonchev–Trinajstić information content (AvgIpc) is 2.57. The van der Waals surface area contributed by atoms with Crippen LogP contribution >= 0.6 is 11.6 Å². The minimum atomic E-state index is -3.48. The van der Waals surface area contributed by atoms with Crippen molar-refractivity contribution in [2.24, 2.45) is 5.14 Å². The Morgan fingerprint density at radius 1 is 1.47 bits per heavy atom. The molecule has 0 spiro atoms. The van der Waals surface area contributed by atoms with E-state index in [0.717, 1.165) is 0 Å². The first-order valence-corrected chi connectivity index (χ1v) is 6.80. The molecule has 0 amide bonds. The molecule has 92 valence electrons. The number of hydrogen-bond acceptors (Lipinski definition) is 5. The Kier molecular flexibility index (Phi) is 3.18. The van der Waals surface area contributed by atoms with Gasteiger partial charge in [-0.2, -0.15) is 4.98 Å². The van der Waals surface area contributed by atoms with Crippen LogP contribution in [0.3, 0.4) is 0 Å². The molecule has 7 nitrogen and oxygen atoms in total. The van der Waals surface area contributed by atoms with Crippen molar-refractivity contribution in [3.8, 4) is 0 Å². The summed E-state index contributed by atoms with van der Waals surface area (Å²) < 4.78 is 22.9. The Hall–Kier alpha value is -1.38. The molecule has 0 aromatic carbocycles. The van der Waals surface area contributed by atoms with E-state index in [2.05, 4.69) is 15.4 Å². The first-order chi connectivity index (χ1) is 7.94. The molecule has 0 aliphatic rings. The highest BCUT2D eigenvalue weighted by molar-refractivity contribution is 7.89. The Balaban J connectivity index is 2.09. The molecular weight excluding hydrogens is 266 g/mol. The zero-order valence-electron chi connectivity index (χ0n) is 8.67. The van der Waals surface area contributed by atoms with E-state index in [1.54, 1.807) is 18.3 Å². The molecule has 0 saturated carbocycles. The van der Waals surface area contributed by atoms with Crippen molar-refractivity contribution >= 4 is 33.2 Å². The van der Waals surface area contributed by atoms with Crippen molar-refractivity contribution in [1.29, 1.82) is 0 Å². The van der Waals surface area contributed by atoms with Gasteiger partial charge in [0.2, 0.25) is 16.0 Å². The fraction of sp³-hybridized carbons (Fsp3) is 0.250. The van der Waals surface area contributed by atoms with Gasteiger partial charge in [-0.3, -0.25) is 0 Å². The van der Waals surface area contributed by atoms with Gasteiger partial charge in [-0.1, -0.05) is 11.6 Å². The summed E-state index contributed by atoms with van der Waals surface area (Å²) >= 11 is 5.79. The molecule has 0 atom stereocenters. The lowest BCUT2D eigenvalue weighted by Gasteiger charge is -1.98. The van der Waals surface area contributed by atoms with E-state index in [1.165, 1.54) is 4.52 Å². The van der Waals surface area contributed by atoms with E-state index in [9.17, 15) is 8.42 Å². The third-order valence-corrected chi connectivity index (χ3v) is 2.96. The highest BCUT2D eigenvalue weighted by atomic mass is 35.5. The van der Waals surface area contributed by atoms with Crippen LogP contribution in [-0.2, 0) is 10.0 Å². The van der Waals surface area contributed by atoms with Gasteiger partial charge in [0, 0.05) is 12.7 Å². The van der Waals surface area contributed by atoms with Crippen molar-refractivity contribution < 1.29 is 8.42 Å². The Bertz CT molecular complexity index is 638. The number of hydrogen-bond donors (Lipinski definition) is 2. The second kappa shape index (κ2) is 4.47. The van der Waals surface area contributed by atoms with Gasteiger partial charge in [-0.05, 0) is 12.1 Å². The SMILES string of the molecule is NS(=O)(=O)CCNc1nc2ccc(Cl)cn2n1. The highest BCUT2D eigenvalue weighted by Gasteiger charge is 2.05. The second-order valence-corrected chi connectivity index (χ2v) is 5.55. The van der Waals surface area contributed by atoms with Crippen molar-refractivity contribution in [2.75, 3.05) is 17.6 Å². The van der Waals surface area contributed by atoms with Crippen LogP contribution in [0.4, 0.5) is 5.95 Å². The van der Waals surface area contributed by atoms with Crippen LogP contribution in [0.1, 0.15) is 0 Å². The summed E-state index contributed by atoms with van der Waals surface area (Å²) in [6.07, 6.45) is 1.61. The number of aromatic nitrogens is 3. The summed E-state index contributed by atoms with van der Waals surface area (Å²) in [7, 11) is -3.48. The molecule has 2 heterocycles. The molecule has 0 bridgehead atoms. The molecular formula is C8H10ClN5O2S. The largest absolute Gasteiger partial charge is 0.352 e. The zero-order chi connectivity index (χ0) is 12.5. The summed E-state index contributed by atoms with van der Waals surface area (Å²) in [5.41, 5.74) is 0.618. The lowest BCUT2D eigenvalue weighted by molar-refractivity contribution is 0.598. The van der Waals surface area contributed by atoms with Crippen LogP contribution in [0.2, 0.25) is 5.02 Å². The van der Waals surface area contributed by atoms with Gasteiger partial charge in [-0.15, -0.1) is 5.10 Å². The Morgan fingerprint density at radius 2 is 2.24 bits per heavy atom. The van der Waals surface area contributed by atoms with Crippen molar-refractivity contribution in [3.63, 3.8) is 0 Å². The van der Waals surface area contributed by atoms with Crippen molar-refractivity contribution in [2.45, 2.75) is 0 Å². The smallest absolute Gasteiger partial charge is 0.243 e. The van der Waals surface area contributed by atoms with E-state index in [4.69, 9.17) is 16.7 Å². The van der Waals surface area contributed by atoms with E-state index in [0.29, 0.717) is 16.6 Å². The zero-order valence-corrected chi connectivity index (χ0v) is 10.2. The number of sulfonamides is 1. The number of nitrogens with zero attached hydrogens (tertiary/aromatic N) is 3. The van der Waals surface area contributed by atoms with Gasteiger partial charge in [0.25, 0.3) is 0 Å². The molecule has 9 heteroatoms. The molecule has 0 aliphatic carbocycles. The van der Waals surface area contributed by atoms with Gasteiger partial charge in [-0.25, -0.2) is 18.1 Å². The minimum absolute atomic E-state index is 0.156. The first-order valence-electron chi connectivity index (χ1n) is 4.70. The number of pyridine rings is 1. The van der Waals surface area contributed by atoms with Crippen molar-refractivity contribution in [1.82, 2.24) is 14.6 Å². The molecule has 3 N–H and O–H groups in total. The topological polar surface area (TPSA) is 102 Å².